The van der Waals surface area contributed by atoms with E-state index in [1.807, 2.05) is 30.3 Å². The highest BCUT2D eigenvalue weighted by Crippen LogP contribution is 2.28. The number of esters is 1. The van der Waals surface area contributed by atoms with Gasteiger partial charge in [-0.3, -0.25) is 14.5 Å². The fourth-order valence-electron chi connectivity index (χ4n) is 2.51. The van der Waals surface area contributed by atoms with Gasteiger partial charge in [0.05, 0.1) is 11.4 Å². The van der Waals surface area contributed by atoms with E-state index in [1.54, 1.807) is 35.7 Å². The molecule has 0 aliphatic heterocycles. The fraction of sp³-hybridized carbons (Fsp3) is 0.0909. The maximum absolute atomic E-state index is 12.1. The summed E-state index contributed by atoms with van der Waals surface area (Å²) in [7, 11) is 0. The predicted molar refractivity (Wildman–Crippen MR) is 112 cm³/mol. The first-order valence-electron chi connectivity index (χ1n) is 8.79. The molecule has 2 aromatic carbocycles. The van der Waals surface area contributed by atoms with Gasteiger partial charge in [-0.25, -0.2) is 9.78 Å². The third-order valence-electron chi connectivity index (χ3n) is 3.86. The minimum absolute atomic E-state index is 0.167. The van der Waals surface area contributed by atoms with Gasteiger partial charge in [0.25, 0.3) is 0 Å². The van der Waals surface area contributed by atoms with Crippen LogP contribution in [0.15, 0.2) is 72.1 Å². The van der Waals surface area contributed by atoms with E-state index in [0.29, 0.717) is 22.1 Å². The second kappa shape index (κ2) is 9.57. The van der Waals surface area contributed by atoms with Crippen molar-refractivity contribution in [1.82, 2.24) is 4.98 Å². The lowest BCUT2D eigenvalue weighted by molar-refractivity contribution is -0.136. The maximum Gasteiger partial charge on any atom is 0.331 e. The molecular formula is C22H18N2O4S. The molecule has 0 bridgehead atoms. The molecule has 0 aliphatic carbocycles. The lowest BCUT2D eigenvalue weighted by Gasteiger charge is -2.17. The third kappa shape index (κ3) is 5.46. The number of thiazole rings is 1. The molecule has 3 rings (SSSR count). The van der Waals surface area contributed by atoms with Crippen LogP contribution in [0.3, 0.4) is 0 Å². The van der Waals surface area contributed by atoms with Crippen LogP contribution in [0.5, 0.6) is 0 Å². The molecule has 3 aromatic rings. The number of Topliss-reactive ketones (excluding diaryl/α,β-unsaturated/α-hetero) is 1. The van der Waals surface area contributed by atoms with Gasteiger partial charge in [0.2, 0.25) is 5.91 Å². The Morgan fingerprint density at radius 1 is 1.03 bits per heavy atom. The van der Waals surface area contributed by atoms with Crippen molar-refractivity contribution in [2.45, 2.75) is 6.92 Å². The molecule has 6 nitrogen and oxygen atoms in total. The number of anilines is 2. The molecule has 1 aromatic heterocycles. The summed E-state index contributed by atoms with van der Waals surface area (Å²) in [5, 5.41) is 2.23. The second-order valence-corrected chi connectivity index (χ2v) is 6.81. The van der Waals surface area contributed by atoms with E-state index >= 15 is 0 Å². The highest BCUT2D eigenvalue weighted by molar-refractivity contribution is 7.14. The van der Waals surface area contributed by atoms with Crippen molar-refractivity contribution in [3.05, 3.63) is 83.4 Å². The normalized spacial score (nSPS) is 10.7. The largest absolute Gasteiger partial charge is 0.454 e. The molecule has 29 heavy (non-hydrogen) atoms. The van der Waals surface area contributed by atoms with E-state index in [2.05, 4.69) is 4.98 Å². The van der Waals surface area contributed by atoms with Crippen LogP contribution in [0.25, 0.3) is 6.08 Å². The zero-order chi connectivity index (χ0) is 20.6. The Bertz CT molecular complexity index is 1030. The van der Waals surface area contributed by atoms with Crippen molar-refractivity contribution in [3.8, 4) is 0 Å². The van der Waals surface area contributed by atoms with Crippen molar-refractivity contribution in [1.29, 1.82) is 0 Å². The Kier molecular flexibility index (Phi) is 6.65. The van der Waals surface area contributed by atoms with Crippen LogP contribution >= 0.6 is 11.3 Å². The Labute approximate surface area is 172 Å². The first kappa shape index (κ1) is 20.2. The molecule has 0 spiro atoms. The van der Waals surface area contributed by atoms with Crippen molar-refractivity contribution in [3.63, 3.8) is 0 Å². The SMILES string of the molecule is CC(=O)N(c1ccccc1)c1nc(/C=C/C(=O)OCC(=O)c2ccccc2)cs1. The Balaban J connectivity index is 1.61. The first-order valence-corrected chi connectivity index (χ1v) is 9.67. The quantitative estimate of drug-likeness (QED) is 0.333. The minimum Gasteiger partial charge on any atom is -0.454 e. The number of amides is 1. The molecule has 0 saturated carbocycles. The average Bonchev–Trinajstić information content (AvgIpc) is 3.20. The molecular weight excluding hydrogens is 388 g/mol. The Hall–Kier alpha value is -3.58. The number of aromatic nitrogens is 1. The van der Waals surface area contributed by atoms with Gasteiger partial charge in [0, 0.05) is 23.9 Å². The second-order valence-electron chi connectivity index (χ2n) is 5.98. The van der Waals surface area contributed by atoms with Crippen molar-refractivity contribution in [2.75, 3.05) is 11.5 Å². The standard InChI is InChI=1S/C22H18N2O4S/c1-16(25)24(19-10-6-3-7-11-19)22-23-18(15-29-22)12-13-21(27)28-14-20(26)17-8-4-2-5-9-17/h2-13,15H,14H2,1H3/b13-12+. The summed E-state index contributed by atoms with van der Waals surface area (Å²) < 4.78 is 4.98. The number of rotatable bonds is 7. The van der Waals surface area contributed by atoms with Crippen LogP contribution in [-0.2, 0) is 14.3 Å². The molecule has 1 amide bonds. The summed E-state index contributed by atoms with van der Waals surface area (Å²) in [6.45, 7) is 1.13. The molecule has 0 unspecified atom stereocenters. The van der Waals surface area contributed by atoms with Gasteiger partial charge in [0.1, 0.15) is 0 Å². The number of carbonyl (C=O) groups is 3. The van der Waals surface area contributed by atoms with E-state index in [1.165, 1.54) is 35.3 Å². The number of hydrogen-bond donors (Lipinski definition) is 0. The molecule has 0 radical (unpaired) electrons. The van der Waals surface area contributed by atoms with Crippen molar-refractivity contribution in [2.24, 2.45) is 0 Å². The number of nitrogens with zero attached hydrogens (tertiary/aromatic N) is 2. The molecule has 0 atom stereocenters. The van der Waals surface area contributed by atoms with Crippen molar-refractivity contribution < 1.29 is 19.1 Å². The maximum atomic E-state index is 12.1. The number of carbonyl (C=O) groups excluding carboxylic acids is 3. The molecule has 146 valence electrons. The Morgan fingerprint density at radius 2 is 1.69 bits per heavy atom. The lowest BCUT2D eigenvalue weighted by atomic mass is 10.1. The van der Waals surface area contributed by atoms with Crippen molar-refractivity contribution >= 4 is 45.9 Å². The number of ether oxygens (including phenoxy) is 1. The van der Waals surface area contributed by atoms with Crippen LogP contribution in [-0.4, -0.2) is 29.3 Å². The summed E-state index contributed by atoms with van der Waals surface area (Å²) in [6.07, 6.45) is 2.69. The van der Waals surface area contributed by atoms with Crippen LogP contribution in [0.1, 0.15) is 23.0 Å². The monoisotopic (exact) mass is 406 g/mol. The molecule has 0 aliphatic rings. The van der Waals surface area contributed by atoms with Gasteiger partial charge in [-0.2, -0.15) is 0 Å². The van der Waals surface area contributed by atoms with Gasteiger partial charge in [-0.05, 0) is 18.2 Å². The third-order valence-corrected chi connectivity index (χ3v) is 4.71. The average molecular weight is 406 g/mol. The first-order chi connectivity index (χ1) is 14.0. The van der Waals surface area contributed by atoms with E-state index < -0.39 is 5.97 Å². The highest BCUT2D eigenvalue weighted by atomic mass is 32.1. The molecule has 1 heterocycles. The molecule has 0 saturated heterocycles. The van der Waals surface area contributed by atoms with Gasteiger partial charge in [0.15, 0.2) is 17.5 Å². The summed E-state index contributed by atoms with van der Waals surface area (Å²) >= 11 is 1.28. The number of ketones is 1. The van der Waals surface area contributed by atoms with Gasteiger partial charge in [-0.1, -0.05) is 48.5 Å². The number of para-hydroxylation sites is 1. The van der Waals surface area contributed by atoms with E-state index in [-0.39, 0.29) is 18.3 Å². The highest BCUT2D eigenvalue weighted by Gasteiger charge is 2.17. The Morgan fingerprint density at radius 3 is 2.34 bits per heavy atom. The van der Waals surface area contributed by atoms with E-state index in [4.69, 9.17) is 4.74 Å². The van der Waals surface area contributed by atoms with Crippen LogP contribution in [0.4, 0.5) is 10.8 Å². The van der Waals surface area contributed by atoms with E-state index in [0.717, 1.165) is 0 Å². The summed E-state index contributed by atoms with van der Waals surface area (Å²) in [4.78, 5) is 41.8. The summed E-state index contributed by atoms with van der Waals surface area (Å²) in [5.41, 5.74) is 1.71. The van der Waals surface area contributed by atoms with Gasteiger partial charge >= 0.3 is 5.97 Å². The zero-order valence-electron chi connectivity index (χ0n) is 15.6. The van der Waals surface area contributed by atoms with Crippen LogP contribution < -0.4 is 4.90 Å². The predicted octanol–water partition coefficient (Wildman–Crippen LogP) is 4.27. The topological polar surface area (TPSA) is 76.6 Å². The zero-order valence-corrected chi connectivity index (χ0v) is 16.5. The molecule has 0 N–H and O–H groups in total. The number of hydrogen-bond acceptors (Lipinski definition) is 6. The summed E-state index contributed by atoms with van der Waals surface area (Å²) in [5.74, 6) is -1.08. The summed E-state index contributed by atoms with van der Waals surface area (Å²) in [6, 6.07) is 17.8. The van der Waals surface area contributed by atoms with Crippen LogP contribution in [0, 0.1) is 0 Å². The molecule has 7 heteroatoms. The number of benzene rings is 2. The minimum atomic E-state index is -0.643. The molecule has 0 fully saturated rings. The van der Waals surface area contributed by atoms with Gasteiger partial charge in [-0.15, -0.1) is 11.3 Å². The van der Waals surface area contributed by atoms with E-state index in [9.17, 15) is 14.4 Å². The van der Waals surface area contributed by atoms with Gasteiger partial charge < -0.3 is 4.74 Å². The van der Waals surface area contributed by atoms with Crippen LogP contribution in [0.2, 0.25) is 0 Å². The smallest absolute Gasteiger partial charge is 0.331 e. The fourth-order valence-corrected chi connectivity index (χ4v) is 3.36. The lowest BCUT2D eigenvalue weighted by Crippen LogP contribution is -2.22.